The van der Waals surface area contributed by atoms with Crippen LogP contribution in [0.4, 0.5) is 11.4 Å². The summed E-state index contributed by atoms with van der Waals surface area (Å²) in [6.45, 7) is 6.26. The Balaban J connectivity index is 1.42. The number of hydrogen-bond acceptors (Lipinski definition) is 10. The number of carbonyl (C=O) groups excluding carboxylic acids is 2. The number of anilines is 2. The van der Waals surface area contributed by atoms with Crippen molar-refractivity contribution >= 4 is 29.3 Å². The summed E-state index contributed by atoms with van der Waals surface area (Å²) in [7, 11) is 2.59. The number of carbonyl (C=O) groups is 2. The van der Waals surface area contributed by atoms with Crippen LogP contribution in [-0.2, 0) is 19.1 Å². The average molecular weight is 611 g/mol. The number of nitriles is 2. The van der Waals surface area contributed by atoms with Gasteiger partial charge in [0, 0.05) is 42.8 Å². The van der Waals surface area contributed by atoms with Crippen LogP contribution >= 0.6 is 0 Å². The third kappa shape index (κ3) is 7.80. The van der Waals surface area contributed by atoms with E-state index < -0.39 is 17.9 Å². The first-order valence-electron chi connectivity index (χ1n) is 14.7. The zero-order valence-electron chi connectivity index (χ0n) is 25.9. The third-order valence-corrected chi connectivity index (χ3v) is 7.90. The minimum Gasteiger partial charge on any atom is -0.466 e. The first-order valence-corrected chi connectivity index (χ1v) is 14.7. The SMILES string of the molecule is COC(=O)C1=C(C)NC(C)=C(C(=O)OC)C1c1cccc(NC(=NCCNC2CCN(c3ccccc3C#N)CC2)NC#N)c1. The van der Waals surface area contributed by atoms with E-state index in [0.29, 0.717) is 58.5 Å². The number of dihydropyridines is 1. The van der Waals surface area contributed by atoms with E-state index >= 15 is 0 Å². The molecular weight excluding hydrogens is 572 g/mol. The van der Waals surface area contributed by atoms with E-state index in [1.807, 2.05) is 36.5 Å². The van der Waals surface area contributed by atoms with Gasteiger partial charge < -0.3 is 30.3 Å². The van der Waals surface area contributed by atoms with Crippen molar-refractivity contribution in [2.75, 3.05) is 50.6 Å². The summed E-state index contributed by atoms with van der Waals surface area (Å²) >= 11 is 0. The fraction of sp³-hybridized carbons (Fsp3) is 0.364. The Bertz CT molecular complexity index is 1550. The number of aliphatic imine (C=N–C) groups is 1. The van der Waals surface area contributed by atoms with Gasteiger partial charge >= 0.3 is 11.9 Å². The molecule has 4 rings (SSSR count). The Hall–Kier alpha value is -5.33. The van der Waals surface area contributed by atoms with E-state index in [4.69, 9.17) is 9.47 Å². The minimum atomic E-state index is -0.735. The van der Waals surface area contributed by atoms with Gasteiger partial charge in [-0.2, -0.15) is 10.5 Å². The van der Waals surface area contributed by atoms with Crippen molar-refractivity contribution < 1.29 is 19.1 Å². The van der Waals surface area contributed by atoms with Crippen molar-refractivity contribution in [3.05, 3.63) is 82.2 Å². The molecule has 2 aliphatic rings. The van der Waals surface area contributed by atoms with Gasteiger partial charge in [0.1, 0.15) is 6.07 Å². The fourth-order valence-electron chi connectivity index (χ4n) is 5.79. The molecule has 0 atom stereocenters. The van der Waals surface area contributed by atoms with Crippen molar-refractivity contribution in [1.82, 2.24) is 16.0 Å². The first kappa shape index (κ1) is 32.6. The van der Waals surface area contributed by atoms with Gasteiger partial charge in [-0.3, -0.25) is 10.3 Å². The number of methoxy groups -OCH3 is 2. The molecule has 0 spiro atoms. The molecule has 2 heterocycles. The molecule has 2 aliphatic heterocycles. The van der Waals surface area contributed by atoms with Gasteiger partial charge in [-0.15, -0.1) is 0 Å². The number of nitrogens with one attached hydrogen (secondary N) is 4. The van der Waals surface area contributed by atoms with Crippen molar-refractivity contribution in [2.24, 2.45) is 4.99 Å². The number of hydrogen-bond donors (Lipinski definition) is 4. The van der Waals surface area contributed by atoms with E-state index in [9.17, 15) is 20.1 Å². The number of allylic oxidation sites excluding steroid dienone is 2. The van der Waals surface area contributed by atoms with Crippen LogP contribution < -0.4 is 26.2 Å². The van der Waals surface area contributed by atoms with Crippen LogP contribution in [0.15, 0.2) is 76.1 Å². The largest absolute Gasteiger partial charge is 0.466 e. The van der Waals surface area contributed by atoms with E-state index in [0.717, 1.165) is 31.6 Å². The van der Waals surface area contributed by atoms with E-state index in [1.54, 1.807) is 32.0 Å². The molecule has 12 nitrogen and oxygen atoms in total. The van der Waals surface area contributed by atoms with Crippen molar-refractivity contribution in [1.29, 1.82) is 10.5 Å². The summed E-state index contributed by atoms with van der Waals surface area (Å²) in [6.07, 6.45) is 3.80. The minimum absolute atomic E-state index is 0.268. The second-order valence-electron chi connectivity index (χ2n) is 10.7. The molecule has 0 aliphatic carbocycles. The highest BCUT2D eigenvalue weighted by atomic mass is 16.5. The number of para-hydroxylation sites is 1. The molecule has 0 unspecified atom stereocenters. The summed E-state index contributed by atoms with van der Waals surface area (Å²) in [4.78, 5) is 32.5. The number of piperidine rings is 1. The second-order valence-corrected chi connectivity index (χ2v) is 10.7. The van der Waals surface area contributed by atoms with Gasteiger partial charge in [0.05, 0.1) is 49.1 Å². The average Bonchev–Trinajstić information content (AvgIpc) is 3.06. The Morgan fingerprint density at radius 1 is 1.00 bits per heavy atom. The summed E-state index contributed by atoms with van der Waals surface area (Å²) in [5.41, 5.74) is 4.69. The van der Waals surface area contributed by atoms with Gasteiger partial charge in [0.25, 0.3) is 0 Å². The van der Waals surface area contributed by atoms with Gasteiger partial charge in [-0.1, -0.05) is 24.3 Å². The number of esters is 2. The highest BCUT2D eigenvalue weighted by molar-refractivity contribution is 6.00. The van der Waals surface area contributed by atoms with Crippen molar-refractivity contribution in [3.8, 4) is 12.3 Å². The monoisotopic (exact) mass is 610 g/mol. The van der Waals surface area contributed by atoms with Crippen molar-refractivity contribution in [2.45, 2.75) is 38.6 Å². The predicted octanol–water partition coefficient (Wildman–Crippen LogP) is 3.24. The topological polar surface area (TPSA) is 164 Å². The Kier molecular flexibility index (Phi) is 11.2. The Morgan fingerprint density at radius 2 is 1.67 bits per heavy atom. The van der Waals surface area contributed by atoms with Gasteiger partial charge in [-0.25, -0.2) is 9.59 Å². The molecule has 0 aromatic heterocycles. The van der Waals surface area contributed by atoms with Crippen molar-refractivity contribution in [3.63, 3.8) is 0 Å². The lowest BCUT2D eigenvalue weighted by Crippen LogP contribution is -2.43. The summed E-state index contributed by atoms with van der Waals surface area (Å²) < 4.78 is 10.1. The molecule has 4 N–H and O–H groups in total. The molecular formula is C33H38N8O4. The van der Waals surface area contributed by atoms with E-state index in [-0.39, 0.29) is 5.96 Å². The van der Waals surface area contributed by atoms with Gasteiger partial charge in [0.2, 0.25) is 5.96 Å². The van der Waals surface area contributed by atoms with E-state index in [2.05, 4.69) is 37.2 Å². The smallest absolute Gasteiger partial charge is 0.336 e. The molecule has 1 fully saturated rings. The molecule has 0 radical (unpaired) electrons. The maximum Gasteiger partial charge on any atom is 0.336 e. The summed E-state index contributed by atoms with van der Waals surface area (Å²) in [5, 5.41) is 31.2. The van der Waals surface area contributed by atoms with Crippen LogP contribution in [0.25, 0.3) is 0 Å². The third-order valence-electron chi connectivity index (χ3n) is 7.90. The van der Waals surface area contributed by atoms with Crippen LogP contribution in [-0.4, -0.2) is 64.3 Å². The molecule has 45 heavy (non-hydrogen) atoms. The molecule has 2 aromatic rings. The van der Waals surface area contributed by atoms with Crippen LogP contribution in [0, 0.1) is 22.8 Å². The lowest BCUT2D eigenvalue weighted by Gasteiger charge is -2.34. The van der Waals surface area contributed by atoms with Crippen LogP contribution in [0.2, 0.25) is 0 Å². The number of rotatable bonds is 9. The standard InChI is InChI=1S/C33H38N8O4/c1-21-28(31(42)44-3)30(29(22(2)39-21)32(43)45-4)23-9-7-10-26(18-23)40-33(38-20-35)37-15-14-36-25-12-16-41(17-13-25)27-11-6-5-8-24(27)19-34/h5-11,18,25,30,36,39H,12-17H2,1-4H3,(H2,37,38,40). The van der Waals surface area contributed by atoms with E-state index in [1.165, 1.54) is 14.2 Å². The van der Waals surface area contributed by atoms with Crippen LogP contribution in [0.1, 0.15) is 43.7 Å². The first-order chi connectivity index (χ1) is 21.8. The maximum atomic E-state index is 12.8. The quantitative estimate of drug-likeness (QED) is 0.0823. The van der Waals surface area contributed by atoms with Crippen LogP contribution in [0.3, 0.4) is 0 Å². The highest BCUT2D eigenvalue weighted by Gasteiger charge is 2.37. The number of benzene rings is 2. The zero-order chi connectivity index (χ0) is 32.3. The second kappa shape index (κ2) is 15.4. The lowest BCUT2D eigenvalue weighted by atomic mass is 9.80. The van der Waals surface area contributed by atoms with Gasteiger partial charge in [-0.05, 0) is 56.5 Å². The number of guanidine groups is 1. The molecule has 1 saturated heterocycles. The fourth-order valence-corrected chi connectivity index (χ4v) is 5.79. The molecule has 2 aromatic carbocycles. The molecule has 234 valence electrons. The molecule has 0 amide bonds. The highest BCUT2D eigenvalue weighted by Crippen LogP contribution is 2.39. The molecule has 0 saturated carbocycles. The summed E-state index contributed by atoms with van der Waals surface area (Å²) in [5.74, 6) is -1.59. The number of nitrogens with zero attached hydrogens (tertiary/aromatic N) is 4. The predicted molar refractivity (Wildman–Crippen MR) is 171 cm³/mol. The maximum absolute atomic E-state index is 12.8. The zero-order valence-corrected chi connectivity index (χ0v) is 25.9. The Labute approximate surface area is 263 Å². The normalized spacial score (nSPS) is 16.0. The molecule has 0 bridgehead atoms. The van der Waals surface area contributed by atoms with Crippen LogP contribution in [0.5, 0.6) is 0 Å². The number of ether oxygens (including phenoxy) is 2. The van der Waals surface area contributed by atoms with Gasteiger partial charge in [0.15, 0.2) is 6.19 Å². The Morgan fingerprint density at radius 3 is 2.29 bits per heavy atom. The lowest BCUT2D eigenvalue weighted by molar-refractivity contribution is -0.137. The molecule has 12 heteroatoms. The summed E-state index contributed by atoms with van der Waals surface area (Å²) in [6, 6.07) is 17.5.